The van der Waals surface area contributed by atoms with E-state index in [0.29, 0.717) is 11.7 Å². The van der Waals surface area contributed by atoms with Crippen LogP contribution < -0.4 is 15.6 Å². The summed E-state index contributed by atoms with van der Waals surface area (Å²) in [4.78, 5) is 24.2. The van der Waals surface area contributed by atoms with E-state index in [1.165, 1.54) is 0 Å². The molecule has 1 atom stereocenters. The smallest absolute Gasteiger partial charge is 0.290 e. The summed E-state index contributed by atoms with van der Waals surface area (Å²) in [5.74, 6) is 0.166. The van der Waals surface area contributed by atoms with Crippen LogP contribution in [-0.2, 0) is 11.2 Å². The number of aromatic nitrogens is 2. The van der Waals surface area contributed by atoms with Gasteiger partial charge in [0, 0.05) is 5.69 Å². The van der Waals surface area contributed by atoms with Crippen LogP contribution in [-0.4, -0.2) is 28.1 Å². The van der Waals surface area contributed by atoms with Crippen molar-refractivity contribution >= 4 is 11.8 Å². The highest BCUT2D eigenvalue weighted by Gasteiger charge is 2.18. The fourth-order valence-corrected chi connectivity index (χ4v) is 2.40. The van der Waals surface area contributed by atoms with Gasteiger partial charge in [0.15, 0.2) is 11.8 Å². The third-order valence-corrected chi connectivity index (χ3v) is 4.02. The summed E-state index contributed by atoms with van der Waals surface area (Å²) in [6.07, 6.45) is 0.0411. The molecule has 0 aliphatic carbocycles. The van der Waals surface area contributed by atoms with Gasteiger partial charge in [0.25, 0.3) is 11.8 Å². The molecule has 2 aromatic rings. The van der Waals surface area contributed by atoms with E-state index in [9.17, 15) is 9.59 Å². The molecule has 7 nitrogen and oxygen atoms in total. The molecule has 0 spiro atoms. The van der Waals surface area contributed by atoms with Crippen LogP contribution in [0.3, 0.4) is 0 Å². The lowest BCUT2D eigenvalue weighted by molar-refractivity contribution is -0.128. The second-order valence-corrected chi connectivity index (χ2v) is 6.78. The number of hydrogen-bond acceptors (Lipinski definition) is 4. The molecule has 0 bridgehead atoms. The zero-order valence-corrected chi connectivity index (χ0v) is 15.8. The van der Waals surface area contributed by atoms with Crippen LogP contribution in [0.5, 0.6) is 5.75 Å². The summed E-state index contributed by atoms with van der Waals surface area (Å²) >= 11 is 0. The highest BCUT2D eigenvalue weighted by molar-refractivity contribution is 5.94. The van der Waals surface area contributed by atoms with Gasteiger partial charge < -0.3 is 4.74 Å². The number of aromatic amines is 1. The Morgan fingerprint density at radius 1 is 1.19 bits per heavy atom. The zero-order valence-electron chi connectivity index (χ0n) is 15.8. The molecule has 2 rings (SSSR count). The second-order valence-electron chi connectivity index (χ2n) is 6.78. The van der Waals surface area contributed by atoms with Crippen LogP contribution in [0.25, 0.3) is 0 Å². The van der Waals surface area contributed by atoms with Gasteiger partial charge >= 0.3 is 0 Å². The topological polar surface area (TPSA) is 96.1 Å². The molecule has 0 aliphatic heterocycles. The number of carbonyl (C=O) groups is 2. The Kier molecular flexibility index (Phi) is 6.38. The summed E-state index contributed by atoms with van der Waals surface area (Å²) < 4.78 is 5.69. The number of nitrogens with one attached hydrogen (secondary N) is 3. The molecule has 1 unspecified atom stereocenters. The maximum absolute atomic E-state index is 12.2. The summed E-state index contributed by atoms with van der Waals surface area (Å²) in [7, 11) is 0. The van der Waals surface area contributed by atoms with Gasteiger partial charge in [-0.3, -0.25) is 25.5 Å². The van der Waals surface area contributed by atoms with Crippen LogP contribution in [0, 0.1) is 19.8 Å². The second kappa shape index (κ2) is 8.51. The molecule has 1 heterocycles. The number of aryl methyl sites for hydroxylation is 1. The summed E-state index contributed by atoms with van der Waals surface area (Å²) in [6.45, 7) is 9.70. The molecule has 1 aromatic heterocycles. The van der Waals surface area contributed by atoms with E-state index >= 15 is 0 Å². The summed E-state index contributed by atoms with van der Waals surface area (Å²) in [5, 5.41) is 6.79. The molecule has 1 aromatic carbocycles. The Bertz CT molecular complexity index is 783. The fraction of sp³-hybridized carbons (Fsp3) is 0.421. The number of rotatable bonds is 6. The molecule has 0 saturated heterocycles. The minimum absolute atomic E-state index is 0.226. The van der Waals surface area contributed by atoms with Crippen molar-refractivity contribution in [2.24, 2.45) is 5.92 Å². The number of carbonyl (C=O) groups excluding carboxylic acids is 2. The molecular weight excluding hydrogens is 332 g/mol. The largest absolute Gasteiger partial charge is 0.481 e. The van der Waals surface area contributed by atoms with Crippen molar-refractivity contribution in [2.75, 3.05) is 0 Å². The van der Waals surface area contributed by atoms with Crippen molar-refractivity contribution in [2.45, 2.75) is 47.1 Å². The first-order valence-electron chi connectivity index (χ1n) is 8.65. The van der Waals surface area contributed by atoms with Crippen molar-refractivity contribution in [3.63, 3.8) is 0 Å². The van der Waals surface area contributed by atoms with Crippen molar-refractivity contribution in [3.05, 3.63) is 46.8 Å². The van der Waals surface area contributed by atoms with Crippen LogP contribution in [0.15, 0.2) is 24.3 Å². The predicted octanol–water partition coefficient (Wildman–Crippen LogP) is 2.45. The summed E-state index contributed by atoms with van der Waals surface area (Å²) in [6, 6.07) is 7.34. The molecule has 26 heavy (non-hydrogen) atoms. The molecular formula is C19H26N4O3. The highest BCUT2D eigenvalue weighted by Crippen LogP contribution is 2.21. The predicted molar refractivity (Wildman–Crippen MR) is 98.7 cm³/mol. The highest BCUT2D eigenvalue weighted by atomic mass is 16.5. The van der Waals surface area contributed by atoms with Crippen LogP contribution >= 0.6 is 0 Å². The van der Waals surface area contributed by atoms with E-state index < -0.39 is 17.9 Å². The third-order valence-electron chi connectivity index (χ3n) is 4.02. The maximum atomic E-state index is 12.2. The number of ether oxygens (including phenoxy) is 1. The van der Waals surface area contributed by atoms with E-state index in [-0.39, 0.29) is 5.69 Å². The molecule has 0 radical (unpaired) electrons. The number of nitrogens with zero attached hydrogens (tertiary/aromatic N) is 1. The minimum atomic E-state index is -0.758. The summed E-state index contributed by atoms with van der Waals surface area (Å²) in [5.41, 5.74) is 7.89. The molecule has 0 fully saturated rings. The third kappa shape index (κ3) is 5.08. The number of amides is 2. The first kappa shape index (κ1) is 19.5. The van der Waals surface area contributed by atoms with Gasteiger partial charge in [0.1, 0.15) is 5.75 Å². The lowest BCUT2D eigenvalue weighted by Gasteiger charge is -2.17. The Morgan fingerprint density at radius 2 is 1.92 bits per heavy atom. The number of hydrogen-bond donors (Lipinski definition) is 3. The first-order valence-corrected chi connectivity index (χ1v) is 8.65. The Balaban J connectivity index is 1.88. The molecule has 140 valence electrons. The Morgan fingerprint density at radius 3 is 2.62 bits per heavy atom. The van der Waals surface area contributed by atoms with Gasteiger partial charge in [-0.1, -0.05) is 26.0 Å². The quantitative estimate of drug-likeness (QED) is 0.691. The van der Waals surface area contributed by atoms with E-state index in [2.05, 4.69) is 34.9 Å². The van der Waals surface area contributed by atoms with Crippen LogP contribution in [0.1, 0.15) is 48.1 Å². The standard InChI is InChI=1S/C19H26N4O3/c1-11(2)9-15-10-16(21-20-15)19(25)23-22-18(24)14(5)26-17-8-6-7-12(3)13(17)4/h6-8,10-11,14H,9H2,1-5H3,(H,20,21)(H,22,24)(H,23,25). The van der Waals surface area contributed by atoms with Gasteiger partial charge in [0.05, 0.1) is 0 Å². The van der Waals surface area contributed by atoms with Crippen molar-refractivity contribution in [3.8, 4) is 5.75 Å². The van der Waals surface area contributed by atoms with Crippen molar-refractivity contribution < 1.29 is 14.3 Å². The molecule has 0 saturated carbocycles. The number of benzene rings is 1. The van der Waals surface area contributed by atoms with Crippen LogP contribution in [0.2, 0.25) is 0 Å². The maximum Gasteiger partial charge on any atom is 0.290 e. The van der Waals surface area contributed by atoms with Crippen molar-refractivity contribution in [1.82, 2.24) is 21.0 Å². The Hall–Kier alpha value is -2.83. The van der Waals surface area contributed by atoms with Gasteiger partial charge in [-0.15, -0.1) is 0 Å². The molecule has 7 heteroatoms. The van der Waals surface area contributed by atoms with Gasteiger partial charge in [-0.2, -0.15) is 5.10 Å². The molecule has 0 aliphatic rings. The SMILES string of the molecule is Cc1cccc(OC(C)C(=O)NNC(=O)c2cc(CC(C)C)[nH]n2)c1C. The van der Waals surface area contributed by atoms with Gasteiger partial charge in [0.2, 0.25) is 0 Å². The lowest BCUT2D eigenvalue weighted by Crippen LogP contribution is -2.47. The van der Waals surface area contributed by atoms with E-state index in [0.717, 1.165) is 23.2 Å². The van der Waals surface area contributed by atoms with Crippen LogP contribution in [0.4, 0.5) is 0 Å². The Labute approximate surface area is 153 Å². The number of H-pyrrole nitrogens is 1. The number of hydrazine groups is 1. The normalized spacial score (nSPS) is 11.9. The molecule has 3 N–H and O–H groups in total. The average molecular weight is 358 g/mol. The van der Waals surface area contributed by atoms with E-state index in [1.807, 2.05) is 32.0 Å². The lowest BCUT2D eigenvalue weighted by atomic mass is 10.1. The van der Waals surface area contributed by atoms with E-state index in [1.54, 1.807) is 13.0 Å². The monoisotopic (exact) mass is 358 g/mol. The van der Waals surface area contributed by atoms with E-state index in [4.69, 9.17) is 4.74 Å². The van der Waals surface area contributed by atoms with Gasteiger partial charge in [-0.25, -0.2) is 0 Å². The van der Waals surface area contributed by atoms with Gasteiger partial charge in [-0.05, 0) is 56.4 Å². The average Bonchev–Trinajstić information content (AvgIpc) is 3.04. The zero-order chi connectivity index (χ0) is 19.3. The van der Waals surface area contributed by atoms with Crippen molar-refractivity contribution in [1.29, 1.82) is 0 Å². The first-order chi connectivity index (χ1) is 12.3. The minimum Gasteiger partial charge on any atom is -0.481 e. The molecule has 2 amide bonds. The fourth-order valence-electron chi connectivity index (χ4n) is 2.40.